The van der Waals surface area contributed by atoms with E-state index >= 15 is 0 Å². The van der Waals surface area contributed by atoms with E-state index in [9.17, 15) is 18.4 Å². The van der Waals surface area contributed by atoms with Crippen LogP contribution in [0.3, 0.4) is 0 Å². The molecule has 1 atom stereocenters. The highest BCUT2D eigenvalue weighted by Gasteiger charge is 2.35. The molecular formula is C13H12F2N2O2. The molecule has 0 aliphatic carbocycles. The first-order valence-corrected chi connectivity index (χ1v) is 6.09. The third-order valence-corrected chi connectivity index (χ3v) is 3.64. The van der Waals surface area contributed by atoms with Gasteiger partial charge in [-0.25, -0.2) is 8.78 Å². The quantitative estimate of drug-likeness (QED) is 0.774. The second-order valence-corrected chi connectivity index (χ2v) is 4.91. The van der Waals surface area contributed by atoms with Crippen molar-refractivity contribution in [1.29, 1.82) is 0 Å². The smallest absolute Gasteiger partial charge is 0.243 e. The van der Waals surface area contributed by atoms with Gasteiger partial charge in [-0.3, -0.25) is 19.8 Å². The molecule has 0 radical (unpaired) electrons. The molecule has 100 valence electrons. The lowest BCUT2D eigenvalue weighted by Crippen LogP contribution is -2.50. The van der Waals surface area contributed by atoms with Gasteiger partial charge in [-0.2, -0.15) is 0 Å². The zero-order valence-electron chi connectivity index (χ0n) is 10.1. The van der Waals surface area contributed by atoms with Gasteiger partial charge < -0.3 is 0 Å². The topological polar surface area (TPSA) is 49.4 Å². The standard InChI is InChI=1S/C13H12F2N2O2/c14-9-3-7-5-17(6-8(7)4-10(9)15)11-1-2-12(18)16-13(11)19/h3-4,11H,1-2,5-6H2,(H,16,18,19). The number of hydrogen-bond donors (Lipinski definition) is 1. The first-order chi connectivity index (χ1) is 9.04. The molecule has 19 heavy (non-hydrogen) atoms. The number of halogens is 2. The number of nitrogens with one attached hydrogen (secondary N) is 1. The third-order valence-electron chi connectivity index (χ3n) is 3.64. The second kappa shape index (κ2) is 4.38. The molecule has 1 N–H and O–H groups in total. The largest absolute Gasteiger partial charge is 0.295 e. The van der Waals surface area contributed by atoms with Crippen LogP contribution in [0.5, 0.6) is 0 Å². The van der Waals surface area contributed by atoms with Crippen LogP contribution in [0.25, 0.3) is 0 Å². The zero-order valence-corrected chi connectivity index (χ0v) is 10.1. The Labute approximate surface area is 108 Å². The highest BCUT2D eigenvalue weighted by atomic mass is 19.2. The molecule has 4 nitrogen and oxygen atoms in total. The summed E-state index contributed by atoms with van der Waals surface area (Å²) in [6.45, 7) is 0.803. The van der Waals surface area contributed by atoms with Gasteiger partial charge in [0.1, 0.15) is 0 Å². The fourth-order valence-corrected chi connectivity index (χ4v) is 2.67. The molecule has 1 saturated heterocycles. The molecule has 2 heterocycles. The Hall–Kier alpha value is -1.82. The van der Waals surface area contributed by atoms with Crippen LogP contribution in [0, 0.1) is 11.6 Å². The van der Waals surface area contributed by atoms with Gasteiger partial charge in [0, 0.05) is 19.5 Å². The first kappa shape index (κ1) is 12.2. The maximum absolute atomic E-state index is 13.2. The SMILES string of the molecule is O=C1CCC(N2Cc3cc(F)c(F)cc3C2)C(=O)N1. The summed E-state index contributed by atoms with van der Waals surface area (Å²) >= 11 is 0. The molecule has 0 spiro atoms. The number of benzene rings is 1. The van der Waals surface area contributed by atoms with E-state index in [-0.39, 0.29) is 11.8 Å². The Morgan fingerprint density at radius 1 is 1.11 bits per heavy atom. The monoisotopic (exact) mass is 266 g/mol. The number of piperidine rings is 1. The predicted octanol–water partition coefficient (Wildman–Crippen LogP) is 1.09. The lowest BCUT2D eigenvalue weighted by atomic mass is 10.0. The number of rotatable bonds is 1. The average molecular weight is 266 g/mol. The van der Waals surface area contributed by atoms with Crippen LogP contribution in [0.1, 0.15) is 24.0 Å². The predicted molar refractivity (Wildman–Crippen MR) is 61.8 cm³/mol. The first-order valence-electron chi connectivity index (χ1n) is 6.09. The molecule has 3 rings (SSSR count). The summed E-state index contributed by atoms with van der Waals surface area (Å²) in [4.78, 5) is 24.7. The number of carbonyl (C=O) groups is 2. The molecule has 1 aromatic carbocycles. The van der Waals surface area contributed by atoms with Crippen molar-refractivity contribution < 1.29 is 18.4 Å². The van der Waals surface area contributed by atoms with Gasteiger partial charge in [-0.1, -0.05) is 0 Å². The van der Waals surface area contributed by atoms with E-state index in [1.54, 1.807) is 0 Å². The van der Waals surface area contributed by atoms with Gasteiger partial charge in [0.2, 0.25) is 11.8 Å². The summed E-state index contributed by atoms with van der Waals surface area (Å²) in [6, 6.07) is 1.95. The Bertz CT molecular complexity index is 543. The van der Waals surface area contributed by atoms with Crippen LogP contribution in [0.4, 0.5) is 8.78 Å². The minimum Gasteiger partial charge on any atom is -0.295 e. The number of nitrogens with zero attached hydrogens (tertiary/aromatic N) is 1. The maximum atomic E-state index is 13.2. The fraction of sp³-hybridized carbons (Fsp3) is 0.385. The fourth-order valence-electron chi connectivity index (χ4n) is 2.67. The number of fused-ring (bicyclic) bond motifs is 1. The van der Waals surface area contributed by atoms with E-state index in [0.717, 1.165) is 0 Å². The van der Waals surface area contributed by atoms with Gasteiger partial charge in [0.05, 0.1) is 6.04 Å². The van der Waals surface area contributed by atoms with Gasteiger partial charge in [-0.15, -0.1) is 0 Å². The van der Waals surface area contributed by atoms with Crippen molar-refractivity contribution in [1.82, 2.24) is 10.2 Å². The van der Waals surface area contributed by atoms with Crippen LogP contribution in [0.15, 0.2) is 12.1 Å². The van der Waals surface area contributed by atoms with Gasteiger partial charge in [-0.05, 0) is 29.7 Å². The normalized spacial score (nSPS) is 23.4. The summed E-state index contributed by atoms with van der Waals surface area (Å²) < 4.78 is 26.3. The van der Waals surface area contributed by atoms with Crippen molar-refractivity contribution in [2.24, 2.45) is 0 Å². The van der Waals surface area contributed by atoms with E-state index in [1.807, 2.05) is 4.90 Å². The van der Waals surface area contributed by atoms with Crippen molar-refractivity contribution in [3.05, 3.63) is 34.9 Å². The molecular weight excluding hydrogens is 254 g/mol. The summed E-state index contributed by atoms with van der Waals surface area (Å²) in [6.07, 6.45) is 0.746. The Kier molecular flexibility index (Phi) is 2.82. The van der Waals surface area contributed by atoms with E-state index in [2.05, 4.69) is 5.32 Å². The molecule has 0 saturated carbocycles. The Balaban J connectivity index is 1.80. The number of hydrogen-bond acceptors (Lipinski definition) is 3. The summed E-state index contributed by atoms with van der Waals surface area (Å²) in [5.41, 5.74) is 1.40. The van der Waals surface area contributed by atoms with Gasteiger partial charge >= 0.3 is 0 Å². The Morgan fingerprint density at radius 2 is 1.68 bits per heavy atom. The Morgan fingerprint density at radius 3 is 2.21 bits per heavy atom. The van der Waals surface area contributed by atoms with Crippen LogP contribution in [-0.2, 0) is 22.7 Å². The third kappa shape index (κ3) is 2.12. The van der Waals surface area contributed by atoms with Crippen molar-refractivity contribution in [3.63, 3.8) is 0 Å². The van der Waals surface area contributed by atoms with Crippen LogP contribution in [0.2, 0.25) is 0 Å². The molecule has 2 amide bonds. The molecule has 1 unspecified atom stereocenters. The minimum absolute atomic E-state index is 0.268. The average Bonchev–Trinajstić information content (AvgIpc) is 2.72. The van der Waals surface area contributed by atoms with E-state index in [4.69, 9.17) is 0 Å². The van der Waals surface area contributed by atoms with Crippen molar-refractivity contribution in [2.75, 3.05) is 0 Å². The minimum atomic E-state index is -0.871. The number of carbonyl (C=O) groups excluding carboxylic acids is 2. The molecule has 2 aliphatic heterocycles. The number of amides is 2. The maximum Gasteiger partial charge on any atom is 0.243 e. The molecule has 0 bridgehead atoms. The van der Waals surface area contributed by atoms with E-state index in [1.165, 1.54) is 12.1 Å². The van der Waals surface area contributed by atoms with Crippen LogP contribution < -0.4 is 5.32 Å². The summed E-state index contributed by atoms with van der Waals surface area (Å²) in [7, 11) is 0. The molecule has 6 heteroatoms. The van der Waals surface area contributed by atoms with E-state index in [0.29, 0.717) is 37.1 Å². The lowest BCUT2D eigenvalue weighted by Gasteiger charge is -2.29. The highest BCUT2D eigenvalue weighted by molar-refractivity contribution is 6.00. The van der Waals surface area contributed by atoms with E-state index < -0.39 is 17.7 Å². The molecule has 1 fully saturated rings. The molecule has 2 aliphatic rings. The second-order valence-electron chi connectivity index (χ2n) is 4.91. The van der Waals surface area contributed by atoms with Crippen LogP contribution >= 0.6 is 0 Å². The summed E-state index contributed by atoms with van der Waals surface area (Å²) in [5.74, 6) is -2.34. The van der Waals surface area contributed by atoms with Crippen molar-refractivity contribution in [2.45, 2.75) is 32.0 Å². The molecule has 0 aromatic heterocycles. The van der Waals surface area contributed by atoms with Gasteiger partial charge in [0.25, 0.3) is 0 Å². The van der Waals surface area contributed by atoms with Gasteiger partial charge in [0.15, 0.2) is 11.6 Å². The molecule has 1 aromatic rings. The summed E-state index contributed by atoms with van der Waals surface area (Å²) in [5, 5.41) is 2.29. The van der Waals surface area contributed by atoms with Crippen molar-refractivity contribution in [3.8, 4) is 0 Å². The highest BCUT2D eigenvalue weighted by Crippen LogP contribution is 2.28. The number of imide groups is 1. The van der Waals surface area contributed by atoms with Crippen molar-refractivity contribution >= 4 is 11.8 Å². The van der Waals surface area contributed by atoms with Crippen LogP contribution in [-0.4, -0.2) is 22.8 Å². The lowest BCUT2D eigenvalue weighted by molar-refractivity contribution is -0.137. The zero-order chi connectivity index (χ0) is 13.6.